The van der Waals surface area contributed by atoms with Gasteiger partial charge in [0.05, 0.1) is 27.4 Å². The van der Waals surface area contributed by atoms with Crippen LogP contribution >= 0.6 is 22.9 Å². The van der Waals surface area contributed by atoms with Gasteiger partial charge >= 0.3 is 0 Å². The molecule has 0 amide bonds. The third-order valence-corrected chi connectivity index (χ3v) is 7.02. The molecule has 0 aliphatic heterocycles. The Balaban J connectivity index is 1.53. The highest BCUT2D eigenvalue weighted by molar-refractivity contribution is 7.19. The first-order chi connectivity index (χ1) is 13.3. The number of ether oxygens (including phenoxy) is 2. The minimum atomic E-state index is 0.168. The molecule has 3 rings (SSSR count). The number of carbonyl (C=O) groups excluding carboxylic acids is 1. The number of hydrogen-bond donors (Lipinski definition) is 0. The third-order valence-electron chi connectivity index (χ3n) is 5.14. The summed E-state index contributed by atoms with van der Waals surface area (Å²) >= 11 is 8.28. The van der Waals surface area contributed by atoms with Crippen LogP contribution in [0.5, 0.6) is 5.75 Å². The topological polar surface area (TPSA) is 48.4 Å². The maximum absolute atomic E-state index is 11.2. The van der Waals surface area contributed by atoms with Crippen molar-refractivity contribution in [2.75, 3.05) is 6.61 Å². The molecule has 1 aliphatic rings. The fourth-order valence-corrected chi connectivity index (χ4v) is 4.96. The first kappa shape index (κ1) is 21.5. The molecule has 4 nitrogen and oxygen atoms in total. The summed E-state index contributed by atoms with van der Waals surface area (Å²) in [4.78, 5) is 15.8. The summed E-state index contributed by atoms with van der Waals surface area (Å²) in [6, 6.07) is 3.95. The van der Waals surface area contributed by atoms with Crippen molar-refractivity contribution in [1.82, 2.24) is 4.98 Å². The van der Waals surface area contributed by atoms with Crippen LogP contribution in [0.15, 0.2) is 12.1 Å². The summed E-state index contributed by atoms with van der Waals surface area (Å²) in [6.07, 6.45) is 4.91. The lowest BCUT2D eigenvalue weighted by atomic mass is 9.94. The molecule has 6 heteroatoms. The Morgan fingerprint density at radius 2 is 1.89 bits per heavy atom. The maximum atomic E-state index is 11.2. The van der Waals surface area contributed by atoms with Crippen molar-refractivity contribution in [3.63, 3.8) is 0 Å². The molecule has 1 heterocycles. The van der Waals surface area contributed by atoms with Crippen LogP contribution in [-0.4, -0.2) is 29.6 Å². The van der Waals surface area contributed by atoms with Gasteiger partial charge in [-0.3, -0.25) is 0 Å². The van der Waals surface area contributed by atoms with Crippen LogP contribution < -0.4 is 4.74 Å². The van der Waals surface area contributed by atoms with Crippen LogP contribution in [0.2, 0.25) is 5.02 Å². The van der Waals surface area contributed by atoms with Crippen molar-refractivity contribution in [3.8, 4) is 5.75 Å². The highest BCUT2D eigenvalue weighted by Crippen LogP contribution is 2.39. The van der Waals surface area contributed by atoms with Crippen LogP contribution in [0.4, 0.5) is 0 Å². The summed E-state index contributed by atoms with van der Waals surface area (Å²) in [7, 11) is 0. The Morgan fingerprint density at radius 3 is 2.54 bits per heavy atom. The first-order valence-electron chi connectivity index (χ1n) is 10.2. The molecule has 0 spiro atoms. The molecule has 0 N–H and O–H groups in total. The van der Waals surface area contributed by atoms with Crippen molar-refractivity contribution in [3.05, 3.63) is 22.2 Å². The molecule has 0 radical (unpaired) electrons. The molecule has 0 unspecified atom stereocenters. The van der Waals surface area contributed by atoms with Gasteiger partial charge in [0.25, 0.3) is 0 Å². The van der Waals surface area contributed by atoms with E-state index in [4.69, 9.17) is 21.1 Å². The molecule has 1 aromatic carbocycles. The number of carbonyl (C=O) groups is 1. The maximum Gasteiger partial charge on any atom is 0.139 e. The van der Waals surface area contributed by atoms with E-state index in [1.807, 2.05) is 12.1 Å². The third kappa shape index (κ3) is 5.46. The predicted octanol–water partition coefficient (Wildman–Crippen LogP) is 6.39. The Hall–Kier alpha value is -1.17. The lowest BCUT2D eigenvalue weighted by Gasteiger charge is -2.30. The normalized spacial score (nSPS) is 21.2. The molecule has 28 heavy (non-hydrogen) atoms. The Kier molecular flexibility index (Phi) is 7.35. The number of benzene rings is 1. The molecule has 1 aliphatic carbocycles. The van der Waals surface area contributed by atoms with Gasteiger partial charge in [-0.15, -0.1) is 11.3 Å². The van der Waals surface area contributed by atoms with Gasteiger partial charge < -0.3 is 14.3 Å². The van der Waals surface area contributed by atoms with Gasteiger partial charge in [0.2, 0.25) is 0 Å². The predicted molar refractivity (Wildman–Crippen MR) is 116 cm³/mol. The van der Waals surface area contributed by atoms with Gasteiger partial charge in [-0.05, 0) is 50.7 Å². The number of hydrogen-bond acceptors (Lipinski definition) is 5. The number of Topliss-reactive ketones (excluding diaryl/α,β-unsaturated/α-hetero) is 1. The fraction of sp³-hybridized carbons (Fsp3) is 0.636. The Bertz CT molecular complexity index is 811. The van der Waals surface area contributed by atoms with Crippen LogP contribution in [-0.2, 0) is 9.53 Å². The Morgan fingerprint density at radius 1 is 1.21 bits per heavy atom. The molecule has 1 saturated carbocycles. The summed E-state index contributed by atoms with van der Waals surface area (Å²) in [5, 5.41) is 1.78. The van der Waals surface area contributed by atoms with E-state index in [9.17, 15) is 4.79 Å². The number of ketones is 1. The lowest BCUT2D eigenvalue weighted by Crippen LogP contribution is -2.29. The number of halogens is 1. The molecule has 1 atom stereocenters. The summed E-state index contributed by atoms with van der Waals surface area (Å²) in [5.74, 6) is 1.66. The molecule has 1 fully saturated rings. The number of thiazole rings is 1. The van der Waals surface area contributed by atoms with Crippen LogP contribution in [0.3, 0.4) is 0 Å². The molecule has 0 saturated heterocycles. The van der Waals surface area contributed by atoms with Crippen molar-refractivity contribution < 1.29 is 14.3 Å². The second-order valence-corrected chi connectivity index (χ2v) is 9.70. The largest absolute Gasteiger partial charge is 0.489 e. The SMILES string of the molecule is CC(=O)C[C@@H](C)COC1CCC(Oc2ccc3nc(C(C)C)sc3c2Cl)CC1. The molecular formula is C22H30ClNO3S. The van der Waals surface area contributed by atoms with Crippen LogP contribution in [0.25, 0.3) is 10.2 Å². The van der Waals surface area contributed by atoms with Crippen LogP contribution in [0, 0.1) is 5.92 Å². The fourth-order valence-electron chi connectivity index (χ4n) is 3.64. The zero-order valence-electron chi connectivity index (χ0n) is 17.2. The van der Waals surface area contributed by atoms with Gasteiger partial charge in [-0.2, -0.15) is 0 Å². The van der Waals surface area contributed by atoms with Crippen molar-refractivity contribution in [1.29, 1.82) is 0 Å². The van der Waals surface area contributed by atoms with E-state index in [1.54, 1.807) is 18.3 Å². The van der Waals surface area contributed by atoms with Crippen LogP contribution in [0.1, 0.15) is 70.7 Å². The molecule has 154 valence electrons. The summed E-state index contributed by atoms with van der Waals surface area (Å²) in [6.45, 7) is 8.65. The van der Waals surface area contributed by atoms with E-state index >= 15 is 0 Å². The van der Waals surface area contributed by atoms with E-state index in [0.29, 0.717) is 24.0 Å². The van der Waals surface area contributed by atoms with E-state index < -0.39 is 0 Å². The van der Waals surface area contributed by atoms with Gasteiger partial charge in [-0.1, -0.05) is 32.4 Å². The molecule has 0 bridgehead atoms. The zero-order chi connectivity index (χ0) is 20.3. The zero-order valence-corrected chi connectivity index (χ0v) is 18.7. The quantitative estimate of drug-likeness (QED) is 0.493. The van der Waals surface area contributed by atoms with Gasteiger partial charge in [-0.25, -0.2) is 4.98 Å². The average Bonchev–Trinajstić information content (AvgIpc) is 3.08. The lowest BCUT2D eigenvalue weighted by molar-refractivity contribution is -0.118. The second kappa shape index (κ2) is 9.55. The number of aromatic nitrogens is 1. The molecule has 2 aromatic rings. The van der Waals surface area contributed by atoms with Crippen molar-refractivity contribution in [2.24, 2.45) is 5.92 Å². The summed E-state index contributed by atoms with van der Waals surface area (Å²) in [5.41, 5.74) is 0.947. The van der Waals surface area contributed by atoms with Crippen molar-refractivity contribution in [2.45, 2.75) is 77.9 Å². The minimum Gasteiger partial charge on any atom is -0.489 e. The highest BCUT2D eigenvalue weighted by atomic mass is 35.5. The smallest absolute Gasteiger partial charge is 0.139 e. The average molecular weight is 424 g/mol. The van der Waals surface area contributed by atoms with Gasteiger partial charge in [0.15, 0.2) is 0 Å². The second-order valence-electron chi connectivity index (χ2n) is 8.29. The molecule has 1 aromatic heterocycles. The number of nitrogens with zero attached hydrogens (tertiary/aromatic N) is 1. The van der Waals surface area contributed by atoms with E-state index in [1.165, 1.54) is 0 Å². The van der Waals surface area contributed by atoms with E-state index in [0.717, 1.165) is 46.7 Å². The van der Waals surface area contributed by atoms with E-state index in [-0.39, 0.29) is 23.9 Å². The highest BCUT2D eigenvalue weighted by Gasteiger charge is 2.25. The monoisotopic (exact) mass is 423 g/mol. The number of rotatable bonds is 8. The van der Waals surface area contributed by atoms with Gasteiger partial charge in [0.1, 0.15) is 16.6 Å². The Labute approximate surface area is 176 Å². The molecular weight excluding hydrogens is 394 g/mol. The summed E-state index contributed by atoms with van der Waals surface area (Å²) < 4.78 is 13.3. The number of fused-ring (bicyclic) bond motifs is 1. The first-order valence-corrected chi connectivity index (χ1v) is 11.4. The van der Waals surface area contributed by atoms with E-state index in [2.05, 4.69) is 25.8 Å². The standard InChI is InChI=1S/C22H30ClNO3S/c1-13(2)22-24-18-9-10-19(20(23)21(18)28-22)27-17-7-5-16(6-8-17)26-12-14(3)11-15(4)25/h9-10,13-14,16-17H,5-8,11-12H2,1-4H3/t14-,16?,17?/m1/s1. The van der Waals surface area contributed by atoms with Gasteiger partial charge in [0, 0.05) is 18.9 Å². The van der Waals surface area contributed by atoms with Crippen molar-refractivity contribution >= 4 is 38.9 Å². The minimum absolute atomic E-state index is 0.168.